The lowest BCUT2D eigenvalue weighted by atomic mass is 9.99. The van der Waals surface area contributed by atoms with Gasteiger partial charge in [-0.2, -0.15) is 4.31 Å². The van der Waals surface area contributed by atoms with Crippen LogP contribution in [0.1, 0.15) is 12.8 Å². The number of para-hydroxylation sites is 1. The molecule has 0 saturated carbocycles. The number of carbonyl (C=O) groups excluding carboxylic acids is 1. The molecular formula is C25H25ClN2O4S2. The van der Waals surface area contributed by atoms with Gasteiger partial charge in [0.15, 0.2) is 0 Å². The van der Waals surface area contributed by atoms with Crippen LogP contribution in [0.5, 0.6) is 5.75 Å². The maximum atomic E-state index is 13.2. The highest BCUT2D eigenvalue weighted by molar-refractivity contribution is 7.99. The third-order valence-electron chi connectivity index (χ3n) is 5.63. The van der Waals surface area contributed by atoms with E-state index in [4.69, 9.17) is 16.3 Å². The van der Waals surface area contributed by atoms with Crippen LogP contribution in [0.3, 0.4) is 0 Å². The number of methoxy groups -OCH3 is 1. The third kappa shape index (κ3) is 5.58. The lowest BCUT2D eigenvalue weighted by Crippen LogP contribution is -2.43. The minimum Gasteiger partial charge on any atom is -0.495 e. The molecule has 178 valence electrons. The Labute approximate surface area is 209 Å². The van der Waals surface area contributed by atoms with Crippen LogP contribution in [-0.2, 0) is 14.8 Å². The molecule has 0 unspecified atom stereocenters. The highest BCUT2D eigenvalue weighted by Crippen LogP contribution is 2.34. The molecule has 1 saturated heterocycles. The lowest BCUT2D eigenvalue weighted by Gasteiger charge is -2.31. The Morgan fingerprint density at radius 2 is 1.82 bits per heavy atom. The molecule has 1 atom stereocenters. The largest absolute Gasteiger partial charge is 0.495 e. The molecule has 1 heterocycles. The Morgan fingerprint density at radius 3 is 2.56 bits per heavy atom. The average molecular weight is 517 g/mol. The summed E-state index contributed by atoms with van der Waals surface area (Å²) in [5.74, 6) is -0.232. The first-order valence-electron chi connectivity index (χ1n) is 10.8. The van der Waals surface area contributed by atoms with Crippen molar-refractivity contribution in [1.82, 2.24) is 4.31 Å². The van der Waals surface area contributed by atoms with Gasteiger partial charge in [0, 0.05) is 22.9 Å². The molecule has 0 radical (unpaired) electrons. The zero-order chi connectivity index (χ0) is 24.1. The Bertz CT molecular complexity index is 1270. The van der Waals surface area contributed by atoms with Crippen molar-refractivity contribution in [2.24, 2.45) is 5.92 Å². The van der Waals surface area contributed by atoms with Gasteiger partial charge in [0.2, 0.25) is 15.9 Å². The molecule has 1 aliphatic heterocycles. The van der Waals surface area contributed by atoms with Crippen LogP contribution in [0.15, 0.2) is 87.5 Å². The summed E-state index contributed by atoms with van der Waals surface area (Å²) in [6.45, 7) is 0.474. The van der Waals surface area contributed by atoms with Gasteiger partial charge >= 0.3 is 0 Å². The van der Waals surface area contributed by atoms with E-state index in [1.807, 2.05) is 54.6 Å². The number of sulfonamides is 1. The number of ether oxygens (including phenoxy) is 1. The monoisotopic (exact) mass is 516 g/mol. The summed E-state index contributed by atoms with van der Waals surface area (Å²) in [6, 6.07) is 21.9. The highest BCUT2D eigenvalue weighted by atomic mass is 35.5. The fraction of sp³-hybridized carbons (Fsp3) is 0.240. The number of hydrogen-bond acceptors (Lipinski definition) is 5. The van der Waals surface area contributed by atoms with Crippen molar-refractivity contribution in [1.29, 1.82) is 0 Å². The molecule has 6 nitrogen and oxygen atoms in total. The van der Waals surface area contributed by atoms with Crippen molar-refractivity contribution in [3.8, 4) is 5.75 Å². The first-order chi connectivity index (χ1) is 16.4. The molecule has 3 aromatic carbocycles. The van der Waals surface area contributed by atoms with E-state index in [1.54, 1.807) is 11.8 Å². The maximum Gasteiger partial charge on any atom is 0.243 e. The zero-order valence-electron chi connectivity index (χ0n) is 18.6. The van der Waals surface area contributed by atoms with Crippen molar-refractivity contribution in [2.45, 2.75) is 27.5 Å². The fourth-order valence-corrected chi connectivity index (χ4v) is 6.64. The van der Waals surface area contributed by atoms with Crippen LogP contribution < -0.4 is 10.1 Å². The van der Waals surface area contributed by atoms with Gasteiger partial charge in [-0.1, -0.05) is 53.7 Å². The highest BCUT2D eigenvalue weighted by Gasteiger charge is 2.34. The van der Waals surface area contributed by atoms with E-state index in [1.165, 1.54) is 29.6 Å². The van der Waals surface area contributed by atoms with Gasteiger partial charge in [0.1, 0.15) is 5.75 Å². The number of halogens is 1. The van der Waals surface area contributed by atoms with Gasteiger partial charge in [-0.15, -0.1) is 0 Å². The number of nitrogens with one attached hydrogen (secondary N) is 1. The topological polar surface area (TPSA) is 75.7 Å². The predicted molar refractivity (Wildman–Crippen MR) is 135 cm³/mol. The van der Waals surface area contributed by atoms with Crippen LogP contribution in [0, 0.1) is 5.92 Å². The van der Waals surface area contributed by atoms with Gasteiger partial charge in [-0.25, -0.2) is 8.42 Å². The van der Waals surface area contributed by atoms with Crippen molar-refractivity contribution < 1.29 is 17.9 Å². The van der Waals surface area contributed by atoms with E-state index >= 15 is 0 Å². The second-order valence-corrected chi connectivity index (χ2v) is 11.4. The van der Waals surface area contributed by atoms with Crippen molar-refractivity contribution >= 4 is 45.0 Å². The second kappa shape index (κ2) is 10.8. The summed E-state index contributed by atoms with van der Waals surface area (Å²) in [5.41, 5.74) is 0.711. The van der Waals surface area contributed by atoms with Crippen molar-refractivity contribution in [2.75, 3.05) is 25.5 Å². The molecule has 4 rings (SSSR count). The first kappa shape index (κ1) is 24.6. The summed E-state index contributed by atoms with van der Waals surface area (Å²) < 4.78 is 32.9. The van der Waals surface area contributed by atoms with Gasteiger partial charge in [-0.3, -0.25) is 4.79 Å². The number of anilines is 1. The molecule has 0 aliphatic carbocycles. The molecule has 3 aromatic rings. The van der Waals surface area contributed by atoms with Crippen LogP contribution in [0.4, 0.5) is 5.69 Å². The van der Waals surface area contributed by atoms with E-state index in [2.05, 4.69) is 5.32 Å². The van der Waals surface area contributed by atoms with Crippen molar-refractivity contribution in [3.05, 3.63) is 77.8 Å². The van der Waals surface area contributed by atoms with Gasteiger partial charge in [-0.05, 0) is 55.3 Å². The molecule has 1 fully saturated rings. The molecule has 9 heteroatoms. The van der Waals surface area contributed by atoms with E-state index in [0.29, 0.717) is 30.8 Å². The predicted octanol–water partition coefficient (Wildman–Crippen LogP) is 5.54. The second-order valence-electron chi connectivity index (χ2n) is 7.90. The van der Waals surface area contributed by atoms with Crippen LogP contribution in [-0.4, -0.2) is 38.8 Å². The van der Waals surface area contributed by atoms with Crippen LogP contribution in [0.25, 0.3) is 0 Å². The summed E-state index contributed by atoms with van der Waals surface area (Å²) in [7, 11) is -2.32. The van der Waals surface area contributed by atoms with Gasteiger partial charge < -0.3 is 10.1 Å². The Hall–Kier alpha value is -2.52. The number of carbonyl (C=O) groups is 1. The minimum absolute atomic E-state index is 0.0870. The SMILES string of the molecule is COc1ccc(S(=O)(=O)N2CCC[C@H](C(=O)Nc3ccccc3Sc3ccccc3)C2)cc1Cl. The molecule has 1 N–H and O–H groups in total. The van der Waals surface area contributed by atoms with E-state index in [9.17, 15) is 13.2 Å². The molecule has 0 spiro atoms. The quantitative estimate of drug-likeness (QED) is 0.446. The van der Waals surface area contributed by atoms with E-state index in [-0.39, 0.29) is 22.4 Å². The Morgan fingerprint density at radius 1 is 1.09 bits per heavy atom. The molecule has 1 amide bonds. The summed E-state index contributed by atoms with van der Waals surface area (Å²) in [6.07, 6.45) is 1.22. The molecule has 1 aliphatic rings. The van der Waals surface area contributed by atoms with Gasteiger partial charge in [0.05, 0.1) is 28.6 Å². The standard InChI is InChI=1S/C25H25ClN2O4S2/c1-32-23-14-13-20(16-21(23)26)34(30,31)28-15-7-8-18(17-28)25(29)27-22-11-5-6-12-24(22)33-19-9-3-2-4-10-19/h2-6,9-14,16,18H,7-8,15,17H2,1H3,(H,27,29)/t18-/m0/s1. The number of piperidine rings is 1. The number of hydrogen-bond donors (Lipinski definition) is 1. The van der Waals surface area contributed by atoms with E-state index in [0.717, 1.165) is 9.79 Å². The van der Waals surface area contributed by atoms with E-state index < -0.39 is 15.9 Å². The first-order valence-corrected chi connectivity index (χ1v) is 13.5. The number of rotatable bonds is 7. The molecular weight excluding hydrogens is 492 g/mol. The number of nitrogens with zero attached hydrogens (tertiary/aromatic N) is 1. The smallest absolute Gasteiger partial charge is 0.243 e. The summed E-state index contributed by atoms with van der Waals surface area (Å²) >= 11 is 7.71. The Kier molecular flexibility index (Phi) is 7.83. The molecule has 34 heavy (non-hydrogen) atoms. The van der Waals surface area contributed by atoms with Crippen LogP contribution in [0.2, 0.25) is 5.02 Å². The maximum absolute atomic E-state index is 13.2. The molecule has 0 aromatic heterocycles. The normalized spacial score (nSPS) is 16.7. The molecule has 0 bridgehead atoms. The van der Waals surface area contributed by atoms with Crippen molar-refractivity contribution in [3.63, 3.8) is 0 Å². The number of amides is 1. The fourth-order valence-electron chi connectivity index (χ4n) is 3.84. The third-order valence-corrected chi connectivity index (χ3v) is 8.87. The van der Waals surface area contributed by atoms with Gasteiger partial charge in [0.25, 0.3) is 0 Å². The lowest BCUT2D eigenvalue weighted by molar-refractivity contribution is -0.120. The summed E-state index contributed by atoms with van der Waals surface area (Å²) in [4.78, 5) is 15.2. The zero-order valence-corrected chi connectivity index (χ0v) is 21.0. The van der Waals surface area contributed by atoms with Crippen LogP contribution >= 0.6 is 23.4 Å². The minimum atomic E-state index is -3.79. The Balaban J connectivity index is 1.48. The number of benzene rings is 3. The summed E-state index contributed by atoms with van der Waals surface area (Å²) in [5, 5.41) is 3.24. The average Bonchev–Trinajstić information content (AvgIpc) is 2.86.